The third kappa shape index (κ3) is 4.21. The van der Waals surface area contributed by atoms with E-state index < -0.39 is 16.1 Å². The van der Waals surface area contributed by atoms with Gasteiger partial charge in [0.25, 0.3) is 0 Å². The highest BCUT2D eigenvalue weighted by atomic mass is 32.2. The van der Waals surface area contributed by atoms with Crippen LogP contribution in [0.4, 0.5) is 5.13 Å². The van der Waals surface area contributed by atoms with E-state index in [0.29, 0.717) is 30.3 Å². The van der Waals surface area contributed by atoms with Crippen LogP contribution in [0.25, 0.3) is 0 Å². The molecule has 152 valence electrons. The van der Waals surface area contributed by atoms with E-state index in [-0.39, 0.29) is 16.2 Å². The van der Waals surface area contributed by atoms with Crippen molar-refractivity contribution >= 4 is 32.4 Å². The first-order valence-electron chi connectivity index (χ1n) is 9.05. The molecule has 2 aromatic rings. The van der Waals surface area contributed by atoms with Crippen LogP contribution in [-0.4, -0.2) is 43.3 Å². The highest BCUT2D eigenvalue weighted by Gasteiger charge is 2.39. The normalized spacial score (nSPS) is 18.2. The molecule has 0 aliphatic carbocycles. The summed E-state index contributed by atoms with van der Waals surface area (Å²) in [5.41, 5.74) is 0.776. The molecule has 1 saturated heterocycles. The van der Waals surface area contributed by atoms with Crippen molar-refractivity contribution in [1.29, 1.82) is 0 Å². The molecular formula is C19H25N3O4S2. The van der Waals surface area contributed by atoms with E-state index in [1.54, 1.807) is 12.1 Å². The maximum Gasteiger partial charge on any atom is 0.244 e. The van der Waals surface area contributed by atoms with Crippen LogP contribution in [-0.2, 0) is 20.2 Å². The lowest BCUT2D eigenvalue weighted by Gasteiger charge is -2.23. The second-order valence-corrected chi connectivity index (χ2v) is 10.5. The van der Waals surface area contributed by atoms with E-state index in [0.717, 1.165) is 5.69 Å². The van der Waals surface area contributed by atoms with Gasteiger partial charge in [0.05, 0.1) is 17.7 Å². The van der Waals surface area contributed by atoms with Crippen molar-refractivity contribution in [2.24, 2.45) is 0 Å². The van der Waals surface area contributed by atoms with E-state index in [2.05, 4.69) is 10.3 Å². The van der Waals surface area contributed by atoms with Gasteiger partial charge >= 0.3 is 0 Å². The third-order valence-corrected chi connectivity index (χ3v) is 7.36. The lowest BCUT2D eigenvalue weighted by atomic mass is 9.93. The molecular weight excluding hydrogens is 398 g/mol. The maximum absolute atomic E-state index is 13.0. The Morgan fingerprint density at radius 3 is 2.54 bits per heavy atom. The van der Waals surface area contributed by atoms with E-state index >= 15 is 0 Å². The molecule has 1 amide bonds. The van der Waals surface area contributed by atoms with Crippen LogP contribution in [0.15, 0.2) is 34.5 Å². The van der Waals surface area contributed by atoms with Gasteiger partial charge in [0.2, 0.25) is 15.9 Å². The van der Waals surface area contributed by atoms with Gasteiger partial charge in [-0.15, -0.1) is 11.3 Å². The Hall–Kier alpha value is -1.97. The molecule has 0 bridgehead atoms. The number of nitrogens with zero attached hydrogens (tertiary/aromatic N) is 2. The number of anilines is 1. The van der Waals surface area contributed by atoms with Gasteiger partial charge in [-0.1, -0.05) is 20.8 Å². The van der Waals surface area contributed by atoms with Gasteiger partial charge in [0.15, 0.2) is 5.13 Å². The minimum Gasteiger partial charge on any atom is -0.497 e. The number of sulfonamides is 1. The van der Waals surface area contributed by atoms with Gasteiger partial charge in [0, 0.05) is 17.3 Å². The quantitative estimate of drug-likeness (QED) is 0.798. The predicted molar refractivity (Wildman–Crippen MR) is 109 cm³/mol. The van der Waals surface area contributed by atoms with E-state index in [4.69, 9.17) is 4.74 Å². The van der Waals surface area contributed by atoms with Gasteiger partial charge in [-0.25, -0.2) is 13.4 Å². The molecule has 1 atom stereocenters. The Morgan fingerprint density at radius 1 is 1.29 bits per heavy atom. The minimum absolute atomic E-state index is 0.115. The molecule has 1 N–H and O–H groups in total. The standard InChI is InChI=1S/C19H25N3O4S2/c1-19(2,3)16-12-27-18(20-16)21-17(23)15-6-5-11-22(15)28(24,25)14-9-7-13(26-4)8-10-14/h7-10,12,15H,5-6,11H2,1-4H3,(H,20,21,23). The molecule has 7 nitrogen and oxygen atoms in total. The monoisotopic (exact) mass is 423 g/mol. The average Bonchev–Trinajstić information content (AvgIpc) is 3.31. The molecule has 28 heavy (non-hydrogen) atoms. The van der Waals surface area contributed by atoms with Crippen LogP contribution < -0.4 is 10.1 Å². The smallest absolute Gasteiger partial charge is 0.244 e. The van der Waals surface area contributed by atoms with Crippen LogP contribution in [0, 0.1) is 0 Å². The van der Waals surface area contributed by atoms with E-state index in [1.807, 2.05) is 26.2 Å². The first-order chi connectivity index (χ1) is 13.1. The fraction of sp³-hybridized carbons (Fsp3) is 0.474. The Morgan fingerprint density at radius 2 is 1.96 bits per heavy atom. The van der Waals surface area contributed by atoms with E-state index in [9.17, 15) is 13.2 Å². The molecule has 0 saturated carbocycles. The van der Waals surface area contributed by atoms with Crippen molar-refractivity contribution in [2.75, 3.05) is 19.0 Å². The molecule has 3 rings (SSSR count). The fourth-order valence-electron chi connectivity index (χ4n) is 3.04. The summed E-state index contributed by atoms with van der Waals surface area (Å²) in [4.78, 5) is 17.4. The number of nitrogens with one attached hydrogen (secondary N) is 1. The number of carbonyl (C=O) groups is 1. The number of rotatable bonds is 5. The molecule has 0 radical (unpaired) electrons. The zero-order chi connectivity index (χ0) is 20.5. The Bertz CT molecular complexity index is 946. The van der Waals surface area contributed by atoms with Crippen molar-refractivity contribution in [3.8, 4) is 5.75 Å². The molecule has 2 heterocycles. The number of aromatic nitrogens is 1. The summed E-state index contributed by atoms with van der Waals surface area (Å²) in [7, 11) is -2.25. The molecule has 1 unspecified atom stereocenters. The number of amides is 1. The number of methoxy groups -OCH3 is 1. The lowest BCUT2D eigenvalue weighted by molar-refractivity contribution is -0.119. The van der Waals surface area contributed by atoms with Crippen LogP contribution >= 0.6 is 11.3 Å². The number of hydrogen-bond donors (Lipinski definition) is 1. The lowest BCUT2D eigenvalue weighted by Crippen LogP contribution is -2.43. The molecule has 1 aromatic carbocycles. The van der Waals surface area contributed by atoms with Crippen molar-refractivity contribution in [2.45, 2.75) is 50.0 Å². The van der Waals surface area contributed by atoms with Gasteiger partial charge in [-0.05, 0) is 37.1 Å². The number of carbonyl (C=O) groups excluding carboxylic acids is 1. The first-order valence-corrected chi connectivity index (χ1v) is 11.4. The third-order valence-electron chi connectivity index (χ3n) is 4.68. The number of hydrogen-bond acceptors (Lipinski definition) is 6. The molecule has 9 heteroatoms. The fourth-order valence-corrected chi connectivity index (χ4v) is 5.63. The number of ether oxygens (including phenoxy) is 1. The second kappa shape index (κ2) is 7.81. The Balaban J connectivity index is 1.77. The summed E-state index contributed by atoms with van der Waals surface area (Å²) in [6.07, 6.45) is 1.12. The van der Waals surface area contributed by atoms with Crippen LogP contribution in [0.5, 0.6) is 5.75 Å². The van der Waals surface area contributed by atoms with Crippen LogP contribution in [0.1, 0.15) is 39.3 Å². The summed E-state index contributed by atoms with van der Waals surface area (Å²) >= 11 is 1.35. The molecule has 0 spiro atoms. The number of thiazole rings is 1. The van der Waals surface area contributed by atoms with Crippen LogP contribution in [0.2, 0.25) is 0 Å². The van der Waals surface area contributed by atoms with Crippen LogP contribution in [0.3, 0.4) is 0 Å². The van der Waals surface area contributed by atoms with Gasteiger partial charge in [-0.2, -0.15) is 4.31 Å². The van der Waals surface area contributed by atoms with Crippen molar-refractivity contribution < 1.29 is 17.9 Å². The van der Waals surface area contributed by atoms with Gasteiger partial charge in [-0.3, -0.25) is 4.79 Å². The van der Waals surface area contributed by atoms with Gasteiger partial charge < -0.3 is 10.1 Å². The SMILES string of the molecule is COc1ccc(S(=O)(=O)N2CCCC2C(=O)Nc2nc(C(C)(C)C)cs2)cc1. The minimum atomic E-state index is -3.77. The molecule has 1 aliphatic heterocycles. The van der Waals surface area contributed by atoms with Gasteiger partial charge in [0.1, 0.15) is 11.8 Å². The van der Waals surface area contributed by atoms with Crippen molar-refractivity contribution in [1.82, 2.24) is 9.29 Å². The van der Waals surface area contributed by atoms with Crippen molar-refractivity contribution in [3.05, 3.63) is 35.3 Å². The molecule has 1 fully saturated rings. The summed E-state index contributed by atoms with van der Waals surface area (Å²) in [5.74, 6) is 0.234. The molecule has 1 aliphatic rings. The van der Waals surface area contributed by atoms with E-state index in [1.165, 1.54) is 34.9 Å². The average molecular weight is 424 g/mol. The largest absolute Gasteiger partial charge is 0.497 e. The second-order valence-electron chi connectivity index (χ2n) is 7.73. The zero-order valence-corrected chi connectivity index (χ0v) is 18.1. The predicted octanol–water partition coefficient (Wildman–Crippen LogP) is 3.24. The highest BCUT2D eigenvalue weighted by molar-refractivity contribution is 7.89. The molecule has 1 aromatic heterocycles. The highest BCUT2D eigenvalue weighted by Crippen LogP contribution is 2.30. The zero-order valence-electron chi connectivity index (χ0n) is 16.4. The summed E-state index contributed by atoms with van der Waals surface area (Å²) in [6.45, 7) is 6.47. The summed E-state index contributed by atoms with van der Waals surface area (Å²) in [6, 6.07) is 5.45. The topological polar surface area (TPSA) is 88.6 Å². The maximum atomic E-state index is 13.0. The Kier molecular flexibility index (Phi) is 5.79. The Labute approximate surface area is 169 Å². The first kappa shape index (κ1) is 20.8. The number of benzene rings is 1. The summed E-state index contributed by atoms with van der Waals surface area (Å²) in [5, 5.41) is 5.19. The van der Waals surface area contributed by atoms with Crippen molar-refractivity contribution in [3.63, 3.8) is 0 Å². The summed E-state index contributed by atoms with van der Waals surface area (Å²) < 4.78 is 32.4.